The van der Waals surface area contributed by atoms with Gasteiger partial charge in [-0.05, 0) is 12.8 Å². The molecule has 0 aromatic carbocycles. The second-order valence-corrected chi connectivity index (χ2v) is 3.49. The highest BCUT2D eigenvalue weighted by Crippen LogP contribution is 2.00. The van der Waals surface area contributed by atoms with Crippen molar-refractivity contribution in [2.24, 2.45) is 0 Å². The monoisotopic (exact) mass is 220 g/mol. The van der Waals surface area contributed by atoms with Gasteiger partial charge in [-0.1, -0.05) is 24.5 Å². The van der Waals surface area contributed by atoms with E-state index in [1.165, 1.54) is 4.68 Å². The molecule has 0 atom stereocenters. The van der Waals surface area contributed by atoms with E-state index in [2.05, 4.69) is 28.5 Å². The van der Waals surface area contributed by atoms with Gasteiger partial charge in [0.1, 0.15) is 6.54 Å². The lowest BCUT2D eigenvalue weighted by Crippen LogP contribution is -2.27. The van der Waals surface area contributed by atoms with Gasteiger partial charge in [-0.3, -0.25) is 4.79 Å². The fraction of sp³-hybridized carbons (Fsp3) is 0.545. The van der Waals surface area contributed by atoms with Crippen LogP contribution in [0.5, 0.6) is 0 Å². The number of unbranched alkanes of at least 4 members (excludes halogenated alkanes) is 1. The summed E-state index contributed by atoms with van der Waals surface area (Å²) >= 11 is 0. The van der Waals surface area contributed by atoms with Crippen LogP contribution in [0.3, 0.4) is 0 Å². The second kappa shape index (κ2) is 6.62. The average Bonchev–Trinajstić information content (AvgIpc) is 2.71. The fourth-order valence-electron chi connectivity index (χ4n) is 1.24. The molecular formula is C11H16N4O. The van der Waals surface area contributed by atoms with E-state index in [-0.39, 0.29) is 19.0 Å². The van der Waals surface area contributed by atoms with Crippen LogP contribution in [-0.4, -0.2) is 27.4 Å². The Morgan fingerprint density at radius 3 is 3.19 bits per heavy atom. The van der Waals surface area contributed by atoms with Gasteiger partial charge < -0.3 is 5.32 Å². The standard InChI is InChI=1S/C11H16N4O/c1-3-5-6-10-8-15(14-13-10)9-11(16)12-7-4-2/h2,8H,3,5-7,9H2,1H3,(H,12,16). The first-order valence-electron chi connectivity index (χ1n) is 5.35. The number of nitrogens with zero attached hydrogens (tertiary/aromatic N) is 3. The highest BCUT2D eigenvalue weighted by molar-refractivity contribution is 5.75. The Kier molecular flexibility index (Phi) is 5.06. The molecule has 86 valence electrons. The number of aromatic nitrogens is 3. The van der Waals surface area contributed by atoms with Crippen molar-refractivity contribution < 1.29 is 4.79 Å². The van der Waals surface area contributed by atoms with E-state index >= 15 is 0 Å². The van der Waals surface area contributed by atoms with Crippen LogP contribution in [0.1, 0.15) is 25.5 Å². The molecular weight excluding hydrogens is 204 g/mol. The summed E-state index contributed by atoms with van der Waals surface area (Å²) in [6.45, 7) is 2.54. The number of carbonyl (C=O) groups is 1. The molecule has 5 heteroatoms. The van der Waals surface area contributed by atoms with Crippen LogP contribution in [0.4, 0.5) is 0 Å². The van der Waals surface area contributed by atoms with E-state index < -0.39 is 0 Å². The van der Waals surface area contributed by atoms with E-state index in [0.29, 0.717) is 0 Å². The van der Waals surface area contributed by atoms with E-state index in [1.54, 1.807) is 6.20 Å². The molecule has 0 unspecified atom stereocenters. The summed E-state index contributed by atoms with van der Waals surface area (Å²) in [4.78, 5) is 11.3. The maximum absolute atomic E-state index is 11.3. The summed E-state index contributed by atoms with van der Waals surface area (Å²) in [5, 5.41) is 10.4. The minimum absolute atomic E-state index is 0.148. The van der Waals surface area contributed by atoms with Crippen LogP contribution in [0, 0.1) is 12.3 Å². The Morgan fingerprint density at radius 1 is 1.69 bits per heavy atom. The number of hydrogen-bond donors (Lipinski definition) is 1. The normalized spacial score (nSPS) is 9.75. The molecule has 0 aliphatic rings. The van der Waals surface area contributed by atoms with Crippen LogP contribution >= 0.6 is 0 Å². The van der Waals surface area contributed by atoms with Crippen LogP contribution < -0.4 is 5.32 Å². The van der Waals surface area contributed by atoms with Crippen molar-refractivity contribution >= 4 is 5.91 Å². The molecule has 1 heterocycles. The third-order valence-corrected chi connectivity index (χ3v) is 2.07. The van der Waals surface area contributed by atoms with Crippen molar-refractivity contribution in [2.45, 2.75) is 32.7 Å². The van der Waals surface area contributed by atoms with Gasteiger partial charge in [0.25, 0.3) is 0 Å². The number of carbonyl (C=O) groups excluding carboxylic acids is 1. The average molecular weight is 220 g/mol. The van der Waals surface area contributed by atoms with Crippen LogP contribution in [0.15, 0.2) is 6.20 Å². The Bertz CT molecular complexity index is 378. The molecule has 0 radical (unpaired) electrons. The van der Waals surface area contributed by atoms with Crippen molar-refractivity contribution in [2.75, 3.05) is 6.54 Å². The summed E-state index contributed by atoms with van der Waals surface area (Å²) in [7, 11) is 0. The second-order valence-electron chi connectivity index (χ2n) is 3.49. The zero-order valence-electron chi connectivity index (χ0n) is 9.44. The SMILES string of the molecule is C#CCNC(=O)Cn1cc(CCCC)nn1. The molecule has 1 N–H and O–H groups in total. The molecule has 1 amide bonds. The van der Waals surface area contributed by atoms with E-state index in [1.807, 2.05) is 0 Å². The fourth-order valence-corrected chi connectivity index (χ4v) is 1.24. The maximum atomic E-state index is 11.3. The number of terminal acetylenes is 1. The Labute approximate surface area is 95.2 Å². The van der Waals surface area contributed by atoms with Crippen LogP contribution in [0.2, 0.25) is 0 Å². The lowest BCUT2D eigenvalue weighted by molar-refractivity contribution is -0.121. The van der Waals surface area contributed by atoms with E-state index in [9.17, 15) is 4.79 Å². The van der Waals surface area contributed by atoms with Gasteiger partial charge in [0.2, 0.25) is 5.91 Å². The number of hydrogen-bond acceptors (Lipinski definition) is 3. The highest BCUT2D eigenvalue weighted by Gasteiger charge is 2.04. The summed E-state index contributed by atoms with van der Waals surface area (Å²) in [5.74, 6) is 2.19. The minimum atomic E-state index is -0.148. The van der Waals surface area contributed by atoms with Gasteiger partial charge in [-0.25, -0.2) is 4.68 Å². The summed E-state index contributed by atoms with van der Waals surface area (Å²) in [5.41, 5.74) is 0.923. The predicted molar refractivity (Wildman–Crippen MR) is 60.5 cm³/mol. The highest BCUT2D eigenvalue weighted by atomic mass is 16.2. The summed E-state index contributed by atoms with van der Waals surface area (Å²) in [6.07, 6.45) is 9.94. The maximum Gasteiger partial charge on any atom is 0.242 e. The zero-order valence-corrected chi connectivity index (χ0v) is 9.44. The van der Waals surface area contributed by atoms with Crippen molar-refractivity contribution in [1.82, 2.24) is 20.3 Å². The van der Waals surface area contributed by atoms with Crippen LogP contribution in [0.25, 0.3) is 0 Å². The molecule has 1 rings (SSSR count). The molecule has 0 spiro atoms. The lowest BCUT2D eigenvalue weighted by Gasteiger charge is -1.99. The Hall–Kier alpha value is -1.83. The molecule has 1 aromatic rings. The smallest absolute Gasteiger partial charge is 0.242 e. The summed E-state index contributed by atoms with van der Waals surface area (Å²) < 4.78 is 1.52. The van der Waals surface area contributed by atoms with Gasteiger partial charge in [0, 0.05) is 6.20 Å². The van der Waals surface area contributed by atoms with Gasteiger partial charge in [-0.2, -0.15) is 0 Å². The molecule has 0 saturated heterocycles. The first-order chi connectivity index (χ1) is 7.76. The van der Waals surface area contributed by atoms with Gasteiger partial charge in [0.05, 0.1) is 12.2 Å². The molecule has 0 aliphatic carbocycles. The summed E-state index contributed by atoms with van der Waals surface area (Å²) in [6, 6.07) is 0. The van der Waals surface area contributed by atoms with Gasteiger partial charge >= 0.3 is 0 Å². The van der Waals surface area contributed by atoms with Crippen molar-refractivity contribution in [1.29, 1.82) is 0 Å². The van der Waals surface area contributed by atoms with Gasteiger partial charge in [-0.15, -0.1) is 11.5 Å². The number of rotatable bonds is 6. The quantitative estimate of drug-likeness (QED) is 0.705. The minimum Gasteiger partial charge on any atom is -0.344 e. The number of nitrogens with one attached hydrogen (secondary N) is 1. The molecule has 0 fully saturated rings. The topological polar surface area (TPSA) is 59.8 Å². The van der Waals surface area contributed by atoms with Crippen LogP contribution in [-0.2, 0) is 17.8 Å². The molecule has 0 aliphatic heterocycles. The third-order valence-electron chi connectivity index (χ3n) is 2.07. The van der Waals surface area contributed by atoms with E-state index in [0.717, 1.165) is 25.0 Å². The number of amides is 1. The Balaban J connectivity index is 2.39. The first-order valence-corrected chi connectivity index (χ1v) is 5.35. The van der Waals surface area contributed by atoms with E-state index in [4.69, 9.17) is 6.42 Å². The van der Waals surface area contributed by atoms with Gasteiger partial charge in [0.15, 0.2) is 0 Å². The van der Waals surface area contributed by atoms with Crippen molar-refractivity contribution in [3.8, 4) is 12.3 Å². The first kappa shape index (κ1) is 12.2. The van der Waals surface area contributed by atoms with Crippen molar-refractivity contribution in [3.63, 3.8) is 0 Å². The molecule has 0 bridgehead atoms. The molecule has 5 nitrogen and oxygen atoms in total. The molecule has 0 saturated carbocycles. The largest absolute Gasteiger partial charge is 0.344 e. The third kappa shape index (κ3) is 4.13. The number of aryl methyl sites for hydroxylation is 1. The molecule has 1 aromatic heterocycles. The predicted octanol–water partition coefficient (Wildman–Crippen LogP) is 0.370. The zero-order chi connectivity index (χ0) is 11.8. The Morgan fingerprint density at radius 2 is 2.50 bits per heavy atom. The molecule has 16 heavy (non-hydrogen) atoms. The lowest BCUT2D eigenvalue weighted by atomic mass is 10.2. The van der Waals surface area contributed by atoms with Crippen molar-refractivity contribution in [3.05, 3.63) is 11.9 Å².